The summed E-state index contributed by atoms with van der Waals surface area (Å²) in [6.07, 6.45) is 2.27. The summed E-state index contributed by atoms with van der Waals surface area (Å²) in [5.41, 5.74) is 2.71. The highest BCUT2D eigenvalue weighted by Crippen LogP contribution is 2.21. The van der Waals surface area contributed by atoms with Crippen LogP contribution in [0.3, 0.4) is 0 Å². The second kappa shape index (κ2) is 12.9. The number of likely N-dealkylation sites (tertiary alicyclic amines) is 1. The fraction of sp³-hybridized carbons (Fsp3) is 0.458. The van der Waals surface area contributed by atoms with Gasteiger partial charge in [-0.1, -0.05) is 60.7 Å². The van der Waals surface area contributed by atoms with Gasteiger partial charge in [-0.25, -0.2) is 0 Å². The van der Waals surface area contributed by atoms with Crippen molar-refractivity contribution in [2.45, 2.75) is 25.7 Å². The van der Waals surface area contributed by atoms with Crippen molar-refractivity contribution in [2.75, 3.05) is 39.8 Å². The Kier molecular flexibility index (Phi) is 10.5. The molecule has 0 aromatic heterocycles. The van der Waals surface area contributed by atoms with Crippen molar-refractivity contribution in [3.63, 3.8) is 0 Å². The zero-order chi connectivity index (χ0) is 19.6. The molecule has 0 bridgehead atoms. The number of nitrogens with one attached hydrogen (secondary N) is 2. The number of hydrogen-bond donors (Lipinski definition) is 2. The lowest BCUT2D eigenvalue weighted by Gasteiger charge is -2.18. The van der Waals surface area contributed by atoms with Gasteiger partial charge in [-0.2, -0.15) is 0 Å². The van der Waals surface area contributed by atoms with Crippen molar-refractivity contribution in [1.29, 1.82) is 0 Å². The van der Waals surface area contributed by atoms with Gasteiger partial charge in [-0.3, -0.25) is 4.99 Å². The summed E-state index contributed by atoms with van der Waals surface area (Å²) in [7, 11) is 2.20. The Morgan fingerprint density at radius 3 is 2.38 bits per heavy atom. The summed E-state index contributed by atoms with van der Waals surface area (Å²) in [6, 6.07) is 21.5. The van der Waals surface area contributed by atoms with Crippen molar-refractivity contribution in [3.8, 4) is 0 Å². The molecule has 1 fully saturated rings. The molecule has 1 saturated heterocycles. The van der Waals surface area contributed by atoms with E-state index >= 15 is 0 Å². The zero-order valence-electron chi connectivity index (χ0n) is 17.7. The van der Waals surface area contributed by atoms with Crippen LogP contribution in [-0.4, -0.2) is 50.6 Å². The second-order valence-corrected chi connectivity index (χ2v) is 7.81. The van der Waals surface area contributed by atoms with Crippen molar-refractivity contribution >= 4 is 29.9 Å². The van der Waals surface area contributed by atoms with E-state index in [2.05, 4.69) is 90.2 Å². The zero-order valence-corrected chi connectivity index (χ0v) is 20.0. The molecule has 0 amide bonds. The highest BCUT2D eigenvalue weighted by atomic mass is 127. The van der Waals surface area contributed by atoms with E-state index in [1.54, 1.807) is 0 Å². The number of hydrogen-bond acceptors (Lipinski definition) is 2. The normalized spacial score (nSPS) is 18.1. The standard InChI is InChI=1S/C24H34N4.HI/c1-3-25-24(26-17-21-14-15-28(2)19-21)27-18-23(22-12-8-5-9-13-22)16-20-10-6-4-7-11-20;/h4-13,21,23H,3,14-19H2,1-2H3,(H2,25,26,27);1H. The Morgan fingerprint density at radius 2 is 1.76 bits per heavy atom. The van der Waals surface area contributed by atoms with Crippen molar-refractivity contribution in [3.05, 3.63) is 71.8 Å². The summed E-state index contributed by atoms with van der Waals surface area (Å²) in [5, 5.41) is 6.98. The van der Waals surface area contributed by atoms with Gasteiger partial charge in [0.05, 0.1) is 0 Å². The van der Waals surface area contributed by atoms with E-state index in [9.17, 15) is 0 Å². The van der Waals surface area contributed by atoms with Gasteiger partial charge >= 0.3 is 0 Å². The third kappa shape index (κ3) is 7.97. The monoisotopic (exact) mass is 506 g/mol. The predicted octanol–water partition coefficient (Wildman–Crippen LogP) is 4.14. The number of aliphatic imine (C=N–C) groups is 1. The predicted molar refractivity (Wildman–Crippen MR) is 134 cm³/mol. The molecule has 29 heavy (non-hydrogen) atoms. The molecule has 158 valence electrons. The van der Waals surface area contributed by atoms with Crippen LogP contribution in [0.2, 0.25) is 0 Å². The molecule has 4 nitrogen and oxygen atoms in total. The van der Waals surface area contributed by atoms with E-state index in [-0.39, 0.29) is 24.0 Å². The van der Waals surface area contributed by atoms with Crippen LogP contribution in [0.25, 0.3) is 0 Å². The van der Waals surface area contributed by atoms with Gasteiger partial charge in [0.1, 0.15) is 0 Å². The van der Waals surface area contributed by atoms with Crippen LogP contribution in [0.15, 0.2) is 65.7 Å². The molecule has 2 aromatic carbocycles. The number of rotatable bonds is 8. The minimum absolute atomic E-state index is 0. The quantitative estimate of drug-likeness (QED) is 0.321. The van der Waals surface area contributed by atoms with Gasteiger partial charge < -0.3 is 15.5 Å². The van der Waals surface area contributed by atoms with Gasteiger partial charge in [-0.15, -0.1) is 24.0 Å². The molecule has 0 saturated carbocycles. The summed E-state index contributed by atoms with van der Waals surface area (Å²) in [4.78, 5) is 7.35. The largest absolute Gasteiger partial charge is 0.357 e. The number of halogens is 1. The first-order chi connectivity index (χ1) is 13.7. The van der Waals surface area contributed by atoms with E-state index in [1.165, 1.54) is 30.6 Å². The fourth-order valence-corrected chi connectivity index (χ4v) is 3.89. The maximum absolute atomic E-state index is 4.95. The van der Waals surface area contributed by atoms with Crippen LogP contribution in [0.4, 0.5) is 0 Å². The molecule has 1 aliphatic heterocycles. The molecule has 2 unspecified atom stereocenters. The summed E-state index contributed by atoms with van der Waals surface area (Å²) >= 11 is 0. The minimum atomic E-state index is 0. The topological polar surface area (TPSA) is 39.7 Å². The van der Waals surface area contributed by atoms with Gasteiger partial charge in [0.2, 0.25) is 0 Å². The average Bonchev–Trinajstić information content (AvgIpc) is 3.15. The summed E-state index contributed by atoms with van der Waals surface area (Å²) in [6.45, 7) is 7.15. The highest BCUT2D eigenvalue weighted by molar-refractivity contribution is 14.0. The average molecular weight is 506 g/mol. The first kappa shape index (κ1) is 23.7. The maximum atomic E-state index is 4.95. The van der Waals surface area contributed by atoms with Gasteiger partial charge in [0, 0.05) is 32.1 Å². The molecule has 0 radical (unpaired) electrons. The molecule has 2 atom stereocenters. The Labute approximate surface area is 193 Å². The number of nitrogens with zero attached hydrogens (tertiary/aromatic N) is 2. The van der Waals surface area contributed by atoms with Crippen LogP contribution in [0.5, 0.6) is 0 Å². The van der Waals surface area contributed by atoms with Gasteiger partial charge in [0.15, 0.2) is 5.96 Å². The molecule has 1 heterocycles. The molecule has 2 aromatic rings. The molecule has 2 N–H and O–H groups in total. The first-order valence-corrected chi connectivity index (χ1v) is 10.5. The first-order valence-electron chi connectivity index (χ1n) is 10.5. The Bertz CT molecular complexity index is 720. The van der Waals surface area contributed by atoms with E-state index in [4.69, 9.17) is 4.99 Å². The summed E-state index contributed by atoms with van der Waals surface area (Å²) in [5.74, 6) is 2.02. The smallest absolute Gasteiger partial charge is 0.191 e. The lowest BCUT2D eigenvalue weighted by atomic mass is 9.92. The van der Waals surface area contributed by atoms with Crippen molar-refractivity contribution in [2.24, 2.45) is 10.9 Å². The molecule has 3 rings (SSSR count). The fourth-order valence-electron chi connectivity index (χ4n) is 3.89. The van der Waals surface area contributed by atoms with Crippen LogP contribution in [0.1, 0.15) is 30.4 Å². The third-order valence-corrected chi connectivity index (χ3v) is 5.46. The lowest BCUT2D eigenvalue weighted by Crippen LogP contribution is -2.40. The summed E-state index contributed by atoms with van der Waals surface area (Å²) < 4.78 is 0. The third-order valence-electron chi connectivity index (χ3n) is 5.46. The molecular weight excluding hydrogens is 471 g/mol. The van der Waals surface area contributed by atoms with E-state index in [0.717, 1.165) is 32.0 Å². The van der Waals surface area contributed by atoms with E-state index < -0.39 is 0 Å². The molecule has 5 heteroatoms. The van der Waals surface area contributed by atoms with Gasteiger partial charge in [0.25, 0.3) is 0 Å². The number of benzene rings is 2. The Hall–Kier alpha value is -1.60. The molecule has 1 aliphatic rings. The van der Waals surface area contributed by atoms with Crippen LogP contribution >= 0.6 is 24.0 Å². The van der Waals surface area contributed by atoms with Crippen LogP contribution in [0, 0.1) is 5.92 Å². The van der Waals surface area contributed by atoms with E-state index in [1.807, 2.05) is 0 Å². The second-order valence-electron chi connectivity index (χ2n) is 7.81. The van der Waals surface area contributed by atoms with Crippen molar-refractivity contribution < 1.29 is 0 Å². The SMILES string of the molecule is CCNC(=NCC(Cc1ccccc1)c1ccccc1)NCC1CCN(C)C1.I. The van der Waals surface area contributed by atoms with Gasteiger partial charge in [-0.05, 0) is 50.4 Å². The van der Waals surface area contributed by atoms with E-state index in [0.29, 0.717) is 11.8 Å². The van der Waals surface area contributed by atoms with Crippen LogP contribution < -0.4 is 10.6 Å². The Balaban J connectivity index is 0.00000300. The molecular formula is C24H35IN4. The molecule has 0 spiro atoms. The molecule has 0 aliphatic carbocycles. The maximum Gasteiger partial charge on any atom is 0.191 e. The minimum Gasteiger partial charge on any atom is -0.357 e. The van der Waals surface area contributed by atoms with Crippen molar-refractivity contribution in [1.82, 2.24) is 15.5 Å². The highest BCUT2D eigenvalue weighted by Gasteiger charge is 2.19. The number of guanidine groups is 1. The lowest BCUT2D eigenvalue weighted by molar-refractivity contribution is 0.394. The van der Waals surface area contributed by atoms with Crippen LogP contribution in [-0.2, 0) is 6.42 Å². The Morgan fingerprint density at radius 1 is 1.07 bits per heavy atom.